The van der Waals surface area contributed by atoms with E-state index < -0.39 is 5.97 Å². The summed E-state index contributed by atoms with van der Waals surface area (Å²) in [5.74, 6) is -0.491. The summed E-state index contributed by atoms with van der Waals surface area (Å²) in [6, 6.07) is 4.77. The van der Waals surface area contributed by atoms with Crippen LogP contribution in [0.3, 0.4) is 0 Å². The fourth-order valence-corrected chi connectivity index (χ4v) is 2.40. The van der Waals surface area contributed by atoms with E-state index in [9.17, 15) is 9.59 Å². The molecule has 1 aliphatic rings. The number of aromatic carboxylic acids is 1. The van der Waals surface area contributed by atoms with Crippen molar-refractivity contribution in [2.75, 3.05) is 13.6 Å². The summed E-state index contributed by atoms with van der Waals surface area (Å²) in [7, 11) is 1.78. The second-order valence-electron chi connectivity index (χ2n) is 5.38. The van der Waals surface area contributed by atoms with Gasteiger partial charge in [-0.25, -0.2) is 4.79 Å². The molecule has 1 aliphatic carbocycles. The van der Waals surface area contributed by atoms with Gasteiger partial charge in [0.05, 0.1) is 5.56 Å². The molecule has 0 radical (unpaired) electrons. The average Bonchev–Trinajstić information content (AvgIpc) is 2.31. The van der Waals surface area contributed by atoms with E-state index in [0.717, 1.165) is 12.1 Å². The molecule has 0 bridgehead atoms. The van der Waals surface area contributed by atoms with E-state index in [1.807, 2.05) is 0 Å². The molecular formula is C15H19NO3. The summed E-state index contributed by atoms with van der Waals surface area (Å²) < 4.78 is 0. The molecule has 0 spiro atoms. The molecule has 1 aromatic carbocycles. The Morgan fingerprint density at radius 2 is 1.89 bits per heavy atom. The smallest absolute Gasteiger partial charge is 0.335 e. The molecular weight excluding hydrogens is 242 g/mol. The lowest BCUT2D eigenvalue weighted by atomic mass is 9.85. The molecule has 1 N–H and O–H groups in total. The monoisotopic (exact) mass is 261 g/mol. The van der Waals surface area contributed by atoms with Gasteiger partial charge in [-0.2, -0.15) is 0 Å². The minimum atomic E-state index is -1.00. The van der Waals surface area contributed by atoms with Crippen LogP contribution >= 0.6 is 0 Å². The van der Waals surface area contributed by atoms with Crippen molar-refractivity contribution in [3.63, 3.8) is 0 Å². The van der Waals surface area contributed by atoms with Crippen LogP contribution in [-0.4, -0.2) is 35.5 Å². The molecule has 1 fully saturated rings. The highest BCUT2D eigenvalue weighted by molar-refractivity contribution is 5.97. The van der Waals surface area contributed by atoms with E-state index in [0.29, 0.717) is 11.5 Å². The van der Waals surface area contributed by atoms with Gasteiger partial charge in [0.25, 0.3) is 5.91 Å². The number of amides is 1. The van der Waals surface area contributed by atoms with Crippen molar-refractivity contribution in [3.05, 3.63) is 34.9 Å². The summed E-state index contributed by atoms with van der Waals surface area (Å²) in [6.45, 7) is 2.56. The maximum atomic E-state index is 12.3. The second-order valence-corrected chi connectivity index (χ2v) is 5.38. The van der Waals surface area contributed by atoms with Gasteiger partial charge in [-0.1, -0.05) is 6.42 Å². The topological polar surface area (TPSA) is 57.6 Å². The van der Waals surface area contributed by atoms with E-state index in [1.54, 1.807) is 31.0 Å². The quantitative estimate of drug-likeness (QED) is 0.906. The molecule has 4 nitrogen and oxygen atoms in total. The second kappa shape index (κ2) is 5.43. The predicted molar refractivity (Wildman–Crippen MR) is 72.4 cm³/mol. The van der Waals surface area contributed by atoms with Crippen LogP contribution in [-0.2, 0) is 0 Å². The Morgan fingerprint density at radius 3 is 2.42 bits per heavy atom. The van der Waals surface area contributed by atoms with E-state index in [1.165, 1.54) is 25.3 Å². The molecule has 0 saturated heterocycles. The van der Waals surface area contributed by atoms with Gasteiger partial charge in [0.2, 0.25) is 0 Å². The van der Waals surface area contributed by atoms with Crippen LogP contribution in [0.5, 0.6) is 0 Å². The maximum absolute atomic E-state index is 12.3. The minimum absolute atomic E-state index is 0.0990. The Kier molecular flexibility index (Phi) is 3.88. The number of carbonyl (C=O) groups is 2. The Balaban J connectivity index is 2.15. The van der Waals surface area contributed by atoms with Gasteiger partial charge >= 0.3 is 5.97 Å². The van der Waals surface area contributed by atoms with Crippen molar-refractivity contribution < 1.29 is 14.7 Å². The Morgan fingerprint density at radius 1 is 1.26 bits per heavy atom. The number of nitrogens with zero attached hydrogens (tertiary/aromatic N) is 1. The Hall–Kier alpha value is -1.84. The van der Waals surface area contributed by atoms with E-state index >= 15 is 0 Å². The zero-order valence-corrected chi connectivity index (χ0v) is 11.3. The van der Waals surface area contributed by atoms with Crippen molar-refractivity contribution in [1.29, 1.82) is 0 Å². The van der Waals surface area contributed by atoms with Crippen molar-refractivity contribution in [2.45, 2.75) is 26.2 Å². The molecule has 1 amide bonds. The number of carboxylic acid groups (broad SMARTS) is 1. The molecule has 0 aromatic heterocycles. The molecule has 0 unspecified atom stereocenters. The van der Waals surface area contributed by atoms with Crippen LogP contribution in [0.4, 0.5) is 0 Å². The van der Waals surface area contributed by atoms with Crippen LogP contribution in [0.2, 0.25) is 0 Å². The first-order chi connectivity index (χ1) is 8.97. The zero-order chi connectivity index (χ0) is 14.0. The van der Waals surface area contributed by atoms with Crippen molar-refractivity contribution in [2.24, 2.45) is 5.92 Å². The van der Waals surface area contributed by atoms with Gasteiger partial charge in [0, 0.05) is 19.2 Å². The third kappa shape index (κ3) is 3.13. The fraction of sp³-hybridized carbons (Fsp3) is 0.467. The lowest BCUT2D eigenvalue weighted by Gasteiger charge is -2.30. The van der Waals surface area contributed by atoms with Crippen molar-refractivity contribution in [3.8, 4) is 0 Å². The molecule has 19 heavy (non-hydrogen) atoms. The third-order valence-corrected chi connectivity index (χ3v) is 3.67. The SMILES string of the molecule is Cc1cc(C(=O)O)cc(C(=O)N(C)CC2CCC2)c1. The number of carboxylic acids is 1. The number of carbonyl (C=O) groups excluding carboxylic acids is 1. The number of rotatable bonds is 4. The van der Waals surface area contributed by atoms with Crippen molar-refractivity contribution >= 4 is 11.9 Å². The fourth-order valence-electron chi connectivity index (χ4n) is 2.40. The van der Waals surface area contributed by atoms with Gasteiger partial charge < -0.3 is 10.0 Å². The summed E-state index contributed by atoms with van der Waals surface area (Å²) in [4.78, 5) is 25.0. The third-order valence-electron chi connectivity index (χ3n) is 3.67. The molecule has 102 valence electrons. The summed E-state index contributed by atoms with van der Waals surface area (Å²) in [5.41, 5.74) is 1.42. The van der Waals surface area contributed by atoms with Gasteiger partial charge in [-0.05, 0) is 49.4 Å². The van der Waals surface area contributed by atoms with E-state index in [4.69, 9.17) is 5.11 Å². The van der Waals surface area contributed by atoms with E-state index in [-0.39, 0.29) is 11.5 Å². The molecule has 1 saturated carbocycles. The number of aryl methyl sites for hydroxylation is 1. The molecule has 0 aliphatic heterocycles. The molecule has 0 heterocycles. The first kappa shape index (κ1) is 13.6. The highest BCUT2D eigenvalue weighted by Gasteiger charge is 2.22. The first-order valence-electron chi connectivity index (χ1n) is 6.58. The molecule has 0 atom stereocenters. The summed E-state index contributed by atoms with van der Waals surface area (Å²) in [5, 5.41) is 9.02. The molecule has 1 aromatic rings. The van der Waals surface area contributed by atoms with Crippen LogP contribution in [0, 0.1) is 12.8 Å². The van der Waals surface area contributed by atoms with Gasteiger partial charge in [0.1, 0.15) is 0 Å². The lowest BCUT2D eigenvalue weighted by Crippen LogP contribution is -2.34. The molecule has 4 heteroatoms. The summed E-state index contributed by atoms with van der Waals surface area (Å²) in [6.07, 6.45) is 3.62. The number of hydrogen-bond acceptors (Lipinski definition) is 2. The highest BCUT2D eigenvalue weighted by Crippen LogP contribution is 2.27. The minimum Gasteiger partial charge on any atom is -0.478 e. The Labute approximate surface area is 113 Å². The average molecular weight is 261 g/mol. The standard InChI is InChI=1S/C15H19NO3/c1-10-6-12(8-13(7-10)15(18)19)14(17)16(2)9-11-4-3-5-11/h6-8,11H,3-5,9H2,1-2H3,(H,18,19). The predicted octanol–water partition coefficient (Wildman–Crippen LogP) is 2.57. The van der Waals surface area contributed by atoms with Crippen molar-refractivity contribution in [1.82, 2.24) is 4.90 Å². The zero-order valence-electron chi connectivity index (χ0n) is 11.3. The first-order valence-corrected chi connectivity index (χ1v) is 6.58. The van der Waals surface area contributed by atoms with E-state index in [2.05, 4.69) is 0 Å². The Bertz CT molecular complexity index is 506. The lowest BCUT2D eigenvalue weighted by molar-refractivity contribution is 0.0696. The van der Waals surface area contributed by atoms with Crippen LogP contribution < -0.4 is 0 Å². The highest BCUT2D eigenvalue weighted by atomic mass is 16.4. The van der Waals surface area contributed by atoms with Crippen LogP contribution in [0.15, 0.2) is 18.2 Å². The summed E-state index contributed by atoms with van der Waals surface area (Å²) >= 11 is 0. The van der Waals surface area contributed by atoms with Crippen LogP contribution in [0.1, 0.15) is 45.5 Å². The molecule has 2 rings (SSSR count). The van der Waals surface area contributed by atoms with Gasteiger partial charge in [0.15, 0.2) is 0 Å². The largest absolute Gasteiger partial charge is 0.478 e. The van der Waals surface area contributed by atoms with Gasteiger partial charge in [-0.3, -0.25) is 4.79 Å². The normalized spacial score (nSPS) is 14.8. The number of hydrogen-bond donors (Lipinski definition) is 1. The van der Waals surface area contributed by atoms with Gasteiger partial charge in [-0.15, -0.1) is 0 Å². The number of benzene rings is 1. The maximum Gasteiger partial charge on any atom is 0.335 e. The van der Waals surface area contributed by atoms with Crippen LogP contribution in [0.25, 0.3) is 0 Å².